The van der Waals surface area contributed by atoms with Gasteiger partial charge in [-0.3, -0.25) is 4.79 Å². The molecule has 1 fully saturated rings. The number of benzene rings is 2. The molecule has 1 N–H and O–H groups in total. The summed E-state index contributed by atoms with van der Waals surface area (Å²) in [5, 5.41) is 12.8. The number of ether oxygens (including phenoxy) is 2. The Kier molecular flexibility index (Phi) is 7.84. The minimum absolute atomic E-state index is 0.0290. The lowest BCUT2D eigenvalue weighted by atomic mass is 9.87. The molecule has 1 amide bonds. The van der Waals surface area contributed by atoms with Gasteiger partial charge in [-0.15, -0.1) is 0 Å². The van der Waals surface area contributed by atoms with E-state index in [9.17, 15) is 10.1 Å². The first-order valence-corrected chi connectivity index (χ1v) is 12.2. The fraction of sp³-hybridized carbons (Fsp3) is 0.250. The van der Waals surface area contributed by atoms with E-state index < -0.39 is 11.4 Å². The molecule has 0 saturated heterocycles. The summed E-state index contributed by atoms with van der Waals surface area (Å²) in [5.74, 6) is 1.17. The molecule has 1 aliphatic rings. The second-order valence-corrected chi connectivity index (χ2v) is 9.27. The molecule has 1 aromatic heterocycles. The third-order valence-corrected chi connectivity index (χ3v) is 6.62. The van der Waals surface area contributed by atoms with Gasteiger partial charge < -0.3 is 14.8 Å². The van der Waals surface area contributed by atoms with E-state index in [-0.39, 0.29) is 5.57 Å². The molecule has 0 atom stereocenters. The molecular formula is C28H26BrN3O3. The van der Waals surface area contributed by atoms with Gasteiger partial charge in [0.05, 0.1) is 18.3 Å². The average Bonchev–Trinajstić information content (AvgIpc) is 3.36. The van der Waals surface area contributed by atoms with Crippen molar-refractivity contribution in [2.75, 3.05) is 7.11 Å². The van der Waals surface area contributed by atoms with Crippen LogP contribution in [0.5, 0.6) is 11.5 Å². The molecule has 35 heavy (non-hydrogen) atoms. The zero-order valence-electron chi connectivity index (χ0n) is 19.5. The van der Waals surface area contributed by atoms with E-state index >= 15 is 0 Å². The van der Waals surface area contributed by atoms with Crippen molar-refractivity contribution in [3.63, 3.8) is 0 Å². The lowest BCUT2D eigenvalue weighted by molar-refractivity contribution is -0.119. The van der Waals surface area contributed by atoms with Gasteiger partial charge in [-0.05, 0) is 82.4 Å². The largest absolute Gasteiger partial charge is 0.497 e. The average molecular weight is 532 g/mol. The summed E-state index contributed by atoms with van der Waals surface area (Å²) in [6.07, 6.45) is 5.17. The van der Waals surface area contributed by atoms with Gasteiger partial charge in [-0.1, -0.05) is 43.2 Å². The Morgan fingerprint density at radius 3 is 2.40 bits per heavy atom. The molecular weight excluding hydrogens is 506 g/mol. The predicted octanol–water partition coefficient (Wildman–Crippen LogP) is 5.92. The molecule has 1 heterocycles. The molecule has 2 aromatic carbocycles. The minimum atomic E-state index is -0.508. The van der Waals surface area contributed by atoms with Gasteiger partial charge in [-0.2, -0.15) is 5.26 Å². The molecule has 1 aliphatic carbocycles. The summed E-state index contributed by atoms with van der Waals surface area (Å²) in [7, 11) is 1.64. The number of carbonyl (C=O) groups excluding carboxylic acids is 1. The maximum Gasteiger partial charge on any atom is 0.262 e. The number of pyridine rings is 1. The molecule has 4 rings (SSSR count). The summed E-state index contributed by atoms with van der Waals surface area (Å²) in [6, 6.07) is 23.0. The Morgan fingerprint density at radius 1 is 1.09 bits per heavy atom. The normalized spacial score (nSPS) is 14.7. The van der Waals surface area contributed by atoms with Crippen LogP contribution in [0.2, 0.25) is 0 Å². The van der Waals surface area contributed by atoms with Crippen LogP contribution in [0.4, 0.5) is 0 Å². The van der Waals surface area contributed by atoms with Gasteiger partial charge in [0, 0.05) is 0 Å². The zero-order chi connectivity index (χ0) is 24.7. The molecule has 0 spiro atoms. The molecule has 0 aliphatic heterocycles. The number of halogens is 1. The number of amides is 1. The summed E-state index contributed by atoms with van der Waals surface area (Å²) in [5.41, 5.74) is 2.13. The van der Waals surface area contributed by atoms with Crippen molar-refractivity contribution in [1.29, 1.82) is 5.26 Å². The van der Waals surface area contributed by atoms with Crippen LogP contribution in [-0.4, -0.2) is 18.0 Å². The SMILES string of the molecule is COc1ccc(COc2ccc(C3(NC(=O)C(C#N)=Cc4cccc(Br)n4)CCCC3)cc2)cc1. The van der Waals surface area contributed by atoms with Gasteiger partial charge in [-0.25, -0.2) is 4.98 Å². The summed E-state index contributed by atoms with van der Waals surface area (Å²) >= 11 is 3.32. The first-order valence-electron chi connectivity index (χ1n) is 11.4. The Labute approximate surface area is 213 Å². The van der Waals surface area contributed by atoms with Crippen LogP contribution in [0.1, 0.15) is 42.5 Å². The minimum Gasteiger partial charge on any atom is -0.497 e. The van der Waals surface area contributed by atoms with Crippen LogP contribution in [-0.2, 0) is 16.9 Å². The highest BCUT2D eigenvalue weighted by Gasteiger charge is 2.37. The van der Waals surface area contributed by atoms with Crippen LogP contribution in [0.15, 0.2) is 76.9 Å². The molecule has 0 bridgehead atoms. The fourth-order valence-corrected chi connectivity index (χ4v) is 4.67. The molecule has 1 saturated carbocycles. The van der Waals surface area contributed by atoms with E-state index in [0.29, 0.717) is 16.9 Å². The van der Waals surface area contributed by atoms with Crippen molar-refractivity contribution in [2.45, 2.75) is 37.8 Å². The maximum atomic E-state index is 13.1. The summed E-state index contributed by atoms with van der Waals surface area (Å²) < 4.78 is 11.8. The van der Waals surface area contributed by atoms with E-state index in [2.05, 4.69) is 26.2 Å². The second-order valence-electron chi connectivity index (χ2n) is 8.46. The number of methoxy groups -OCH3 is 1. The predicted molar refractivity (Wildman–Crippen MR) is 138 cm³/mol. The number of hydrogen-bond donors (Lipinski definition) is 1. The molecule has 178 valence electrons. The Balaban J connectivity index is 1.47. The molecule has 0 radical (unpaired) electrons. The maximum absolute atomic E-state index is 13.1. The van der Waals surface area contributed by atoms with Crippen LogP contribution in [0.3, 0.4) is 0 Å². The number of rotatable bonds is 8. The van der Waals surface area contributed by atoms with Gasteiger partial charge in [0.2, 0.25) is 0 Å². The van der Waals surface area contributed by atoms with E-state index in [1.165, 1.54) is 6.08 Å². The van der Waals surface area contributed by atoms with Crippen molar-refractivity contribution in [1.82, 2.24) is 10.3 Å². The van der Waals surface area contributed by atoms with E-state index in [4.69, 9.17) is 9.47 Å². The smallest absolute Gasteiger partial charge is 0.262 e. The second kappa shape index (κ2) is 11.2. The van der Waals surface area contributed by atoms with E-state index in [0.717, 1.165) is 48.3 Å². The van der Waals surface area contributed by atoms with Gasteiger partial charge in [0.25, 0.3) is 5.91 Å². The van der Waals surface area contributed by atoms with Crippen LogP contribution < -0.4 is 14.8 Å². The Hall–Kier alpha value is -3.63. The Morgan fingerprint density at radius 2 is 1.77 bits per heavy atom. The molecule has 3 aromatic rings. The summed E-state index contributed by atoms with van der Waals surface area (Å²) in [6.45, 7) is 0.450. The van der Waals surface area contributed by atoms with E-state index in [1.807, 2.05) is 60.7 Å². The van der Waals surface area contributed by atoms with Crippen LogP contribution in [0.25, 0.3) is 6.08 Å². The number of nitrogens with zero attached hydrogens (tertiary/aromatic N) is 2. The lowest BCUT2D eigenvalue weighted by Gasteiger charge is -2.31. The van der Waals surface area contributed by atoms with Gasteiger partial charge in [0.1, 0.15) is 34.4 Å². The van der Waals surface area contributed by atoms with Gasteiger partial charge >= 0.3 is 0 Å². The highest BCUT2D eigenvalue weighted by Crippen LogP contribution is 2.39. The Bertz CT molecular complexity index is 1240. The third-order valence-electron chi connectivity index (χ3n) is 6.18. The zero-order valence-corrected chi connectivity index (χ0v) is 21.0. The van der Waals surface area contributed by atoms with E-state index in [1.54, 1.807) is 19.2 Å². The highest BCUT2D eigenvalue weighted by molar-refractivity contribution is 9.10. The highest BCUT2D eigenvalue weighted by atomic mass is 79.9. The monoisotopic (exact) mass is 531 g/mol. The summed E-state index contributed by atoms with van der Waals surface area (Å²) in [4.78, 5) is 17.4. The topological polar surface area (TPSA) is 84.2 Å². The quantitative estimate of drug-likeness (QED) is 0.221. The number of aromatic nitrogens is 1. The number of hydrogen-bond acceptors (Lipinski definition) is 5. The van der Waals surface area contributed by atoms with Crippen molar-refractivity contribution >= 4 is 27.9 Å². The van der Waals surface area contributed by atoms with Crippen LogP contribution >= 0.6 is 15.9 Å². The van der Waals surface area contributed by atoms with Crippen molar-refractivity contribution in [3.8, 4) is 17.6 Å². The number of carbonyl (C=O) groups is 1. The van der Waals surface area contributed by atoms with Crippen molar-refractivity contribution in [3.05, 3.63) is 93.7 Å². The van der Waals surface area contributed by atoms with Crippen LogP contribution in [0, 0.1) is 11.3 Å². The lowest BCUT2D eigenvalue weighted by Crippen LogP contribution is -2.44. The number of nitrogens with one attached hydrogen (secondary N) is 1. The third kappa shape index (κ3) is 6.09. The van der Waals surface area contributed by atoms with Crippen molar-refractivity contribution < 1.29 is 14.3 Å². The number of nitriles is 1. The molecule has 7 heteroatoms. The van der Waals surface area contributed by atoms with Gasteiger partial charge in [0.15, 0.2) is 0 Å². The fourth-order valence-electron chi connectivity index (χ4n) is 4.31. The molecule has 0 unspecified atom stereocenters. The van der Waals surface area contributed by atoms with Crippen molar-refractivity contribution in [2.24, 2.45) is 0 Å². The standard InChI is InChI=1S/C28H26BrN3O3/c1-34-24-11-7-20(8-12-24)19-35-25-13-9-22(10-14-25)28(15-2-3-16-28)32-27(33)21(18-30)17-23-5-4-6-26(29)31-23/h4-14,17H,2-3,15-16,19H2,1H3,(H,32,33). The molecule has 6 nitrogen and oxygen atoms in total. The first-order chi connectivity index (χ1) is 17.0. The first kappa shape index (κ1) is 24.5.